The van der Waals surface area contributed by atoms with E-state index < -0.39 is 18.1 Å². The highest BCUT2D eigenvalue weighted by atomic mass is 16.4. The molecule has 1 unspecified atom stereocenters. The molecule has 0 saturated heterocycles. The lowest BCUT2D eigenvalue weighted by Crippen LogP contribution is -2.47. The van der Waals surface area contributed by atoms with Crippen LogP contribution in [0.3, 0.4) is 0 Å². The van der Waals surface area contributed by atoms with E-state index in [1.807, 2.05) is 30.3 Å². The smallest absolute Gasteiger partial charge is 0.326 e. The molecule has 0 aliphatic rings. The summed E-state index contributed by atoms with van der Waals surface area (Å²) in [5.41, 5.74) is 1.45. The van der Waals surface area contributed by atoms with Gasteiger partial charge < -0.3 is 20.7 Å². The van der Waals surface area contributed by atoms with Crippen molar-refractivity contribution in [2.75, 3.05) is 5.32 Å². The SMILES string of the molecule is CC(Nc1ccccc1)C(=O)N[C@H](Cc1cnc[nH]1)C(=O)O. The van der Waals surface area contributed by atoms with Gasteiger partial charge in [0.25, 0.3) is 0 Å². The van der Waals surface area contributed by atoms with Gasteiger partial charge in [-0.1, -0.05) is 18.2 Å². The van der Waals surface area contributed by atoms with Crippen molar-refractivity contribution in [1.82, 2.24) is 15.3 Å². The molecular weight excluding hydrogens is 284 g/mol. The standard InChI is InChI=1S/C15H18N4O3/c1-10(18-11-5-3-2-4-6-11)14(20)19-13(15(21)22)7-12-8-16-9-17-12/h2-6,8-10,13,18H,7H2,1H3,(H,16,17)(H,19,20)(H,21,22)/t10?,13-/m1/s1. The molecule has 0 aliphatic heterocycles. The quantitative estimate of drug-likeness (QED) is 0.611. The van der Waals surface area contributed by atoms with Crippen molar-refractivity contribution in [2.24, 2.45) is 0 Å². The third kappa shape index (κ3) is 4.34. The van der Waals surface area contributed by atoms with Gasteiger partial charge in [-0.3, -0.25) is 4.79 Å². The van der Waals surface area contributed by atoms with Gasteiger partial charge in [-0.25, -0.2) is 9.78 Å². The van der Waals surface area contributed by atoms with Crippen molar-refractivity contribution >= 4 is 17.6 Å². The number of carboxylic acids is 1. The number of imidazole rings is 1. The average Bonchev–Trinajstić information content (AvgIpc) is 3.00. The molecule has 1 aromatic carbocycles. The normalized spacial score (nSPS) is 13.1. The molecule has 4 N–H and O–H groups in total. The number of aromatic amines is 1. The van der Waals surface area contributed by atoms with Gasteiger partial charge in [0.15, 0.2) is 0 Å². The molecule has 0 aliphatic carbocycles. The summed E-state index contributed by atoms with van der Waals surface area (Å²) in [6.45, 7) is 1.68. The maximum atomic E-state index is 12.1. The second-order valence-electron chi connectivity index (χ2n) is 4.91. The zero-order valence-electron chi connectivity index (χ0n) is 12.1. The number of aliphatic carboxylic acids is 1. The number of carbonyl (C=O) groups excluding carboxylic acids is 1. The summed E-state index contributed by atoms with van der Waals surface area (Å²) in [5, 5.41) is 14.8. The second kappa shape index (κ2) is 7.26. The summed E-state index contributed by atoms with van der Waals surface area (Å²) < 4.78 is 0. The predicted octanol–water partition coefficient (Wildman–Crippen LogP) is 1.02. The Morgan fingerprint density at radius 3 is 2.64 bits per heavy atom. The van der Waals surface area contributed by atoms with Gasteiger partial charge in [0, 0.05) is 24.0 Å². The van der Waals surface area contributed by atoms with Crippen LogP contribution in [0.4, 0.5) is 5.69 Å². The third-order valence-corrected chi connectivity index (χ3v) is 3.14. The number of nitrogens with zero attached hydrogens (tertiary/aromatic N) is 1. The fourth-order valence-corrected chi connectivity index (χ4v) is 1.96. The highest BCUT2D eigenvalue weighted by molar-refractivity contribution is 5.88. The van der Waals surface area contributed by atoms with Crippen LogP contribution in [0.1, 0.15) is 12.6 Å². The molecule has 2 atom stereocenters. The van der Waals surface area contributed by atoms with Crippen LogP contribution in [-0.4, -0.2) is 39.0 Å². The number of carbonyl (C=O) groups is 2. The maximum Gasteiger partial charge on any atom is 0.326 e. The first-order valence-corrected chi connectivity index (χ1v) is 6.88. The lowest BCUT2D eigenvalue weighted by Gasteiger charge is -2.19. The van der Waals surface area contributed by atoms with E-state index in [1.54, 1.807) is 6.92 Å². The lowest BCUT2D eigenvalue weighted by molar-refractivity contribution is -0.141. The van der Waals surface area contributed by atoms with Crippen molar-refractivity contribution in [2.45, 2.75) is 25.4 Å². The monoisotopic (exact) mass is 302 g/mol. The van der Waals surface area contributed by atoms with Gasteiger partial charge >= 0.3 is 5.97 Å². The number of anilines is 1. The second-order valence-corrected chi connectivity index (χ2v) is 4.91. The van der Waals surface area contributed by atoms with Crippen LogP contribution < -0.4 is 10.6 Å². The Kier molecular flexibility index (Phi) is 5.13. The number of carboxylic acid groups (broad SMARTS) is 1. The number of aromatic nitrogens is 2. The molecule has 116 valence electrons. The first-order valence-electron chi connectivity index (χ1n) is 6.88. The van der Waals surface area contributed by atoms with Crippen LogP contribution in [0.2, 0.25) is 0 Å². The Morgan fingerprint density at radius 2 is 2.05 bits per heavy atom. The van der Waals surface area contributed by atoms with Crippen LogP contribution in [0.5, 0.6) is 0 Å². The molecule has 0 fully saturated rings. The Balaban J connectivity index is 1.94. The number of H-pyrrole nitrogens is 1. The van der Waals surface area contributed by atoms with Crippen LogP contribution >= 0.6 is 0 Å². The van der Waals surface area contributed by atoms with Crippen molar-refractivity contribution in [3.63, 3.8) is 0 Å². The zero-order valence-corrected chi connectivity index (χ0v) is 12.1. The maximum absolute atomic E-state index is 12.1. The first kappa shape index (κ1) is 15.6. The van der Waals surface area contributed by atoms with Crippen molar-refractivity contribution in [3.8, 4) is 0 Å². The van der Waals surface area contributed by atoms with Crippen LogP contribution in [-0.2, 0) is 16.0 Å². The molecule has 1 amide bonds. The Hall–Kier alpha value is -2.83. The average molecular weight is 302 g/mol. The number of benzene rings is 1. The largest absolute Gasteiger partial charge is 0.480 e. The summed E-state index contributed by atoms with van der Waals surface area (Å²) in [7, 11) is 0. The van der Waals surface area contributed by atoms with E-state index in [9.17, 15) is 14.7 Å². The van der Waals surface area contributed by atoms with E-state index >= 15 is 0 Å². The van der Waals surface area contributed by atoms with Gasteiger partial charge in [0.05, 0.1) is 6.33 Å². The molecule has 0 saturated carbocycles. The number of nitrogens with one attached hydrogen (secondary N) is 3. The number of hydrogen-bond donors (Lipinski definition) is 4. The molecule has 1 aromatic heterocycles. The van der Waals surface area contributed by atoms with Gasteiger partial charge in [0.1, 0.15) is 12.1 Å². The summed E-state index contributed by atoms with van der Waals surface area (Å²) in [6.07, 6.45) is 3.16. The first-order chi connectivity index (χ1) is 10.6. The van der Waals surface area contributed by atoms with Gasteiger partial charge in [-0.2, -0.15) is 0 Å². The minimum atomic E-state index is -1.09. The molecule has 7 heteroatoms. The summed E-state index contributed by atoms with van der Waals surface area (Å²) in [5.74, 6) is -1.47. The highest BCUT2D eigenvalue weighted by Crippen LogP contribution is 2.07. The summed E-state index contributed by atoms with van der Waals surface area (Å²) in [4.78, 5) is 30.1. The number of rotatable bonds is 7. The summed E-state index contributed by atoms with van der Waals surface area (Å²) >= 11 is 0. The Bertz CT molecular complexity index is 613. The van der Waals surface area contributed by atoms with Gasteiger partial charge in [-0.05, 0) is 19.1 Å². The van der Waals surface area contributed by atoms with Crippen molar-refractivity contribution in [3.05, 3.63) is 48.5 Å². The highest BCUT2D eigenvalue weighted by Gasteiger charge is 2.23. The minimum Gasteiger partial charge on any atom is -0.480 e. The fraction of sp³-hybridized carbons (Fsp3) is 0.267. The molecule has 0 spiro atoms. The molecule has 22 heavy (non-hydrogen) atoms. The topological polar surface area (TPSA) is 107 Å². The molecule has 1 heterocycles. The molecule has 0 radical (unpaired) electrons. The van der Waals surface area contributed by atoms with Crippen molar-refractivity contribution in [1.29, 1.82) is 0 Å². The van der Waals surface area contributed by atoms with Crippen LogP contribution in [0.25, 0.3) is 0 Å². The molecular formula is C15H18N4O3. The number of para-hydroxylation sites is 1. The lowest BCUT2D eigenvalue weighted by atomic mass is 10.1. The molecule has 2 rings (SSSR count). The van der Waals surface area contributed by atoms with E-state index in [4.69, 9.17) is 0 Å². The van der Waals surface area contributed by atoms with Crippen LogP contribution in [0, 0.1) is 0 Å². The summed E-state index contributed by atoms with van der Waals surface area (Å²) in [6, 6.07) is 7.70. The minimum absolute atomic E-state index is 0.152. The fourth-order valence-electron chi connectivity index (χ4n) is 1.96. The van der Waals surface area contributed by atoms with Crippen LogP contribution in [0.15, 0.2) is 42.9 Å². The number of amides is 1. The van der Waals surface area contributed by atoms with Gasteiger partial charge in [0.2, 0.25) is 5.91 Å². The zero-order chi connectivity index (χ0) is 15.9. The molecule has 0 bridgehead atoms. The Labute approximate surface area is 127 Å². The molecule has 7 nitrogen and oxygen atoms in total. The predicted molar refractivity (Wildman–Crippen MR) is 81.4 cm³/mol. The van der Waals surface area contributed by atoms with E-state index in [0.717, 1.165) is 5.69 Å². The Morgan fingerprint density at radius 1 is 1.32 bits per heavy atom. The number of hydrogen-bond acceptors (Lipinski definition) is 4. The molecule has 2 aromatic rings. The van der Waals surface area contributed by atoms with E-state index in [2.05, 4.69) is 20.6 Å². The third-order valence-electron chi connectivity index (χ3n) is 3.14. The van der Waals surface area contributed by atoms with Crippen molar-refractivity contribution < 1.29 is 14.7 Å². The van der Waals surface area contributed by atoms with Gasteiger partial charge in [-0.15, -0.1) is 0 Å². The van der Waals surface area contributed by atoms with E-state index in [-0.39, 0.29) is 12.3 Å². The van der Waals surface area contributed by atoms with E-state index in [0.29, 0.717) is 5.69 Å². The van der Waals surface area contributed by atoms with E-state index in [1.165, 1.54) is 12.5 Å².